The fourth-order valence-electron chi connectivity index (χ4n) is 6.73. The third-order valence-electron chi connectivity index (χ3n) is 10.3. The van der Waals surface area contributed by atoms with Crippen LogP contribution in [0, 0.1) is 5.92 Å². The van der Waals surface area contributed by atoms with Gasteiger partial charge >= 0.3 is 11.9 Å². The number of carboxylic acids is 2. The molecule has 4 atom stereocenters. The molecule has 326 valence electrons. The Kier molecular flexibility index (Phi) is 26.7. The Bertz CT molecular complexity index is 1430. The first kappa shape index (κ1) is 50.7. The summed E-state index contributed by atoms with van der Waals surface area (Å²) < 4.78 is 0. The van der Waals surface area contributed by atoms with Crippen molar-refractivity contribution in [3.8, 4) is 5.75 Å². The van der Waals surface area contributed by atoms with E-state index in [4.69, 9.17) is 10.8 Å². The van der Waals surface area contributed by atoms with Crippen LogP contribution in [-0.2, 0) is 40.0 Å². The molecule has 58 heavy (non-hydrogen) atoms. The average Bonchev–Trinajstić information content (AvgIpc) is 3.17. The number of primary amides is 1. The number of hydrogen-bond donors (Lipinski definition) is 7. The summed E-state index contributed by atoms with van der Waals surface area (Å²) in [6.07, 6.45) is 16.5. The first-order valence-corrected chi connectivity index (χ1v) is 23.4. The third kappa shape index (κ3) is 23.8. The predicted octanol–water partition coefficient (Wildman–Crippen LogP) is 5.51. The first-order chi connectivity index (χ1) is 27.8. The predicted molar refractivity (Wildman–Crippen MR) is 228 cm³/mol. The second kappa shape index (κ2) is 30.6. The van der Waals surface area contributed by atoms with Crippen molar-refractivity contribution in [1.82, 2.24) is 16.0 Å². The molecule has 1 fully saturated rings. The number of amides is 2. The first-order valence-electron chi connectivity index (χ1n) is 20.9. The molecule has 0 unspecified atom stereocenters. The lowest BCUT2D eigenvalue weighted by molar-refractivity contribution is -0.138. The molecule has 2 amide bonds. The maximum absolute atomic E-state index is 13.3. The zero-order valence-corrected chi connectivity index (χ0v) is 35.5. The molecule has 0 aliphatic carbocycles. The highest BCUT2D eigenvalue weighted by molar-refractivity contribution is 8.76. The number of carboxylic acid groups (broad SMARTS) is 2. The Balaban J connectivity index is 1.68. The molecule has 8 N–H and O–H groups in total. The van der Waals surface area contributed by atoms with E-state index in [1.807, 2.05) is 0 Å². The average molecular weight is 851 g/mol. The summed E-state index contributed by atoms with van der Waals surface area (Å²) >= 11 is 0. The molecular formula is C42H66N4O10S2. The van der Waals surface area contributed by atoms with E-state index in [0.717, 1.165) is 50.5 Å². The summed E-state index contributed by atoms with van der Waals surface area (Å²) in [5.74, 6) is -3.43. The van der Waals surface area contributed by atoms with E-state index in [9.17, 15) is 43.8 Å². The van der Waals surface area contributed by atoms with Crippen LogP contribution < -0.4 is 21.7 Å². The van der Waals surface area contributed by atoms with Crippen LogP contribution in [0.3, 0.4) is 0 Å². The van der Waals surface area contributed by atoms with E-state index in [-0.39, 0.29) is 74.8 Å². The number of aliphatic carboxylic acids is 2. The Morgan fingerprint density at radius 1 is 0.690 bits per heavy atom. The van der Waals surface area contributed by atoms with Crippen LogP contribution in [0.5, 0.6) is 5.75 Å². The molecule has 2 rings (SSSR count). The summed E-state index contributed by atoms with van der Waals surface area (Å²) in [6.45, 7) is -0.417. The van der Waals surface area contributed by atoms with Crippen LogP contribution >= 0.6 is 21.6 Å². The monoisotopic (exact) mass is 850 g/mol. The Morgan fingerprint density at radius 2 is 1.21 bits per heavy atom. The van der Waals surface area contributed by atoms with Gasteiger partial charge in [-0.2, -0.15) is 0 Å². The lowest BCUT2D eigenvalue weighted by Gasteiger charge is -2.25. The number of rotatable bonds is 33. The highest BCUT2D eigenvalue weighted by Gasteiger charge is 2.31. The van der Waals surface area contributed by atoms with Crippen LogP contribution in [0.4, 0.5) is 0 Å². The van der Waals surface area contributed by atoms with Gasteiger partial charge in [-0.1, -0.05) is 117 Å². The van der Waals surface area contributed by atoms with Crippen molar-refractivity contribution < 1.29 is 48.9 Å². The van der Waals surface area contributed by atoms with Crippen molar-refractivity contribution in [2.75, 3.05) is 24.6 Å². The quantitative estimate of drug-likeness (QED) is 0.0341. The van der Waals surface area contributed by atoms with Gasteiger partial charge in [0.15, 0.2) is 17.3 Å². The van der Waals surface area contributed by atoms with Crippen LogP contribution in [0.15, 0.2) is 24.3 Å². The SMILES string of the molecule is NC(=O)[C@H](Cc1ccc(O)cc1)NCC(=O)[C@@H]1CSSC[C@H](NCC(=O)[C@H](CCC(=O)O)NC(=O)CCCCCCCCCCCCCCCCCC(=O)O)C(=O)C1. The minimum atomic E-state index is -1.09. The number of phenols is 1. The van der Waals surface area contributed by atoms with Gasteiger partial charge < -0.3 is 26.4 Å². The number of ketones is 3. The van der Waals surface area contributed by atoms with Gasteiger partial charge in [-0.15, -0.1) is 0 Å². The largest absolute Gasteiger partial charge is 0.508 e. The molecule has 1 aliphatic heterocycles. The van der Waals surface area contributed by atoms with Crippen LogP contribution in [0.2, 0.25) is 0 Å². The zero-order chi connectivity index (χ0) is 42.5. The Labute approximate surface area is 351 Å². The number of phenolic OH excluding ortho intramolecular Hbond substituents is 1. The van der Waals surface area contributed by atoms with E-state index in [2.05, 4.69) is 16.0 Å². The van der Waals surface area contributed by atoms with Crippen LogP contribution in [0.1, 0.15) is 134 Å². The van der Waals surface area contributed by atoms with Gasteiger partial charge in [-0.05, 0) is 43.4 Å². The van der Waals surface area contributed by atoms with E-state index in [0.29, 0.717) is 17.9 Å². The summed E-state index contributed by atoms with van der Waals surface area (Å²) in [7, 11) is 2.84. The second-order valence-corrected chi connectivity index (χ2v) is 17.8. The minimum absolute atomic E-state index is 0.0563. The number of unbranched alkanes of at least 4 members (excludes halogenated alkanes) is 14. The van der Waals surface area contributed by atoms with Gasteiger partial charge in [0.25, 0.3) is 0 Å². The summed E-state index contributed by atoms with van der Waals surface area (Å²) in [5, 5.41) is 36.1. The van der Waals surface area contributed by atoms with Gasteiger partial charge in [-0.3, -0.25) is 44.2 Å². The van der Waals surface area contributed by atoms with Crippen molar-refractivity contribution in [1.29, 1.82) is 0 Å². The van der Waals surface area contributed by atoms with Crippen molar-refractivity contribution in [2.45, 2.75) is 153 Å². The van der Waals surface area contributed by atoms with E-state index in [1.165, 1.54) is 78.7 Å². The van der Waals surface area contributed by atoms with E-state index in [1.54, 1.807) is 12.1 Å². The number of benzene rings is 1. The van der Waals surface area contributed by atoms with Crippen molar-refractivity contribution in [3.05, 3.63) is 29.8 Å². The highest BCUT2D eigenvalue weighted by Crippen LogP contribution is 2.30. The third-order valence-corrected chi connectivity index (χ3v) is 12.8. The number of nitrogens with one attached hydrogen (secondary N) is 3. The van der Waals surface area contributed by atoms with Crippen LogP contribution in [0.25, 0.3) is 0 Å². The highest BCUT2D eigenvalue weighted by atomic mass is 33.1. The molecule has 1 heterocycles. The Hall–Kier alpha value is -3.47. The van der Waals surface area contributed by atoms with Gasteiger partial charge in [0.05, 0.1) is 31.2 Å². The molecule has 16 heteroatoms. The fourth-order valence-corrected chi connectivity index (χ4v) is 9.31. The number of hydrogen-bond acceptors (Lipinski definition) is 12. The number of carbonyl (C=O) groups is 7. The molecule has 1 aromatic carbocycles. The van der Waals surface area contributed by atoms with Crippen LogP contribution in [-0.4, -0.2) is 99.1 Å². The van der Waals surface area contributed by atoms with Gasteiger partial charge in [0.2, 0.25) is 11.8 Å². The Morgan fingerprint density at radius 3 is 1.74 bits per heavy atom. The van der Waals surface area contributed by atoms with Crippen molar-refractivity contribution >= 4 is 62.7 Å². The van der Waals surface area contributed by atoms with Gasteiger partial charge in [-0.25, -0.2) is 0 Å². The molecule has 0 aromatic heterocycles. The molecule has 1 saturated heterocycles. The molecule has 1 aliphatic rings. The second-order valence-electron chi connectivity index (χ2n) is 15.3. The summed E-state index contributed by atoms with van der Waals surface area (Å²) in [4.78, 5) is 86.4. The number of carbonyl (C=O) groups excluding carboxylic acids is 5. The minimum Gasteiger partial charge on any atom is -0.508 e. The van der Waals surface area contributed by atoms with E-state index < -0.39 is 47.7 Å². The lowest BCUT2D eigenvalue weighted by atomic mass is 9.95. The number of aromatic hydroxyl groups is 1. The fraction of sp³-hybridized carbons (Fsp3) is 0.690. The molecule has 0 saturated carbocycles. The van der Waals surface area contributed by atoms with Gasteiger partial charge in [0.1, 0.15) is 5.75 Å². The lowest BCUT2D eigenvalue weighted by Crippen LogP contribution is -2.49. The summed E-state index contributed by atoms with van der Waals surface area (Å²) in [6, 6.07) is 3.74. The number of nitrogens with two attached hydrogens (primary N) is 1. The maximum atomic E-state index is 13.3. The van der Waals surface area contributed by atoms with Gasteiger partial charge in [0, 0.05) is 43.1 Å². The number of Topliss-reactive ketones (excluding diaryl/α,β-unsaturated/α-hetero) is 3. The van der Waals surface area contributed by atoms with Crippen molar-refractivity contribution in [3.63, 3.8) is 0 Å². The zero-order valence-electron chi connectivity index (χ0n) is 33.9. The maximum Gasteiger partial charge on any atom is 0.303 e. The normalized spacial score (nSPS) is 16.8. The smallest absolute Gasteiger partial charge is 0.303 e. The molecule has 0 radical (unpaired) electrons. The standard InChI is InChI=1S/C42H66N4O10S2/c43-42(56)34(24-30-18-20-32(47)21-19-30)44-26-37(49)31-25-36(48)35(29-58-57-28-31)45-27-38(50)33(22-23-41(54)55)46-39(51)16-14-12-10-8-6-4-2-1-3-5-7-9-11-13-15-17-40(52)53/h18-21,31,33-35,44-45,47H,1-17,22-29H2,(H2,43,56)(H,46,51)(H,52,53)(H,54,55)/t31-,33-,34-,35-/m0/s1. The van der Waals surface area contributed by atoms with Crippen molar-refractivity contribution in [2.24, 2.45) is 11.7 Å². The van der Waals surface area contributed by atoms with E-state index >= 15 is 0 Å². The molecular weight excluding hydrogens is 785 g/mol. The molecule has 1 aromatic rings. The topological polar surface area (TPSA) is 242 Å². The molecule has 14 nitrogen and oxygen atoms in total. The molecule has 0 spiro atoms. The molecule has 0 bridgehead atoms. The summed E-state index contributed by atoms with van der Waals surface area (Å²) in [5.41, 5.74) is 6.31.